The van der Waals surface area contributed by atoms with Gasteiger partial charge < -0.3 is 8.83 Å². The van der Waals surface area contributed by atoms with E-state index in [9.17, 15) is 14.9 Å². The molecule has 0 saturated heterocycles. The van der Waals surface area contributed by atoms with Gasteiger partial charge >= 0.3 is 5.88 Å². The van der Waals surface area contributed by atoms with Crippen LogP contribution in [0, 0.1) is 17.0 Å². The van der Waals surface area contributed by atoms with E-state index in [0.717, 1.165) is 5.69 Å². The van der Waals surface area contributed by atoms with Crippen molar-refractivity contribution in [2.75, 3.05) is 0 Å². The molecule has 0 atom stereocenters. The average molecular weight is 491 g/mol. The Balaban J connectivity index is 1.66. The monoisotopic (exact) mass is 490 g/mol. The van der Waals surface area contributed by atoms with E-state index >= 15 is 0 Å². The fraction of sp³-hybridized carbons (Fsp3) is 0.0870. The number of para-hydroxylation sites is 1. The standard InChI is InChI=1S/C23H18N6O5S/c1-15-21(22(30)28(26(15)2)16-7-4-3-5-8-16)25-23-27(18(14-35-23)19-9-6-12-33-19)24-13-17-10-11-20(34-17)29(31)32/h3-14H,1-2H3. The first-order chi connectivity index (χ1) is 16.9. The van der Waals surface area contributed by atoms with Gasteiger partial charge in [0, 0.05) is 12.4 Å². The van der Waals surface area contributed by atoms with Gasteiger partial charge in [-0.1, -0.05) is 18.2 Å². The molecule has 1 aromatic carbocycles. The zero-order valence-corrected chi connectivity index (χ0v) is 19.4. The molecular formula is C23H18N6O5S. The lowest BCUT2D eigenvalue weighted by molar-refractivity contribution is -0.402. The minimum Gasteiger partial charge on any atom is -0.463 e. The second-order valence-corrected chi connectivity index (χ2v) is 8.23. The van der Waals surface area contributed by atoms with Crippen molar-refractivity contribution < 1.29 is 13.8 Å². The molecule has 0 fully saturated rings. The van der Waals surface area contributed by atoms with Crippen LogP contribution in [0.2, 0.25) is 0 Å². The SMILES string of the molecule is Cc1c(N=c2scc(-c3ccco3)n2N=Cc2ccc([N+](=O)[O-])o2)c(=O)n(-c2ccccc2)n1C. The Hall–Kier alpha value is -4.71. The number of nitrogens with zero attached hydrogens (tertiary/aromatic N) is 6. The van der Waals surface area contributed by atoms with Crippen LogP contribution in [0.5, 0.6) is 0 Å². The van der Waals surface area contributed by atoms with E-state index in [0.29, 0.717) is 21.9 Å². The molecule has 0 amide bonds. The van der Waals surface area contributed by atoms with Gasteiger partial charge in [0.1, 0.15) is 10.6 Å². The molecule has 0 bridgehead atoms. The predicted octanol–water partition coefficient (Wildman–Crippen LogP) is 4.22. The van der Waals surface area contributed by atoms with Gasteiger partial charge in [-0.2, -0.15) is 5.10 Å². The molecule has 35 heavy (non-hydrogen) atoms. The fourth-order valence-electron chi connectivity index (χ4n) is 3.49. The molecule has 176 valence electrons. The summed E-state index contributed by atoms with van der Waals surface area (Å²) in [7, 11) is 1.79. The largest absolute Gasteiger partial charge is 0.463 e. The van der Waals surface area contributed by atoms with Gasteiger partial charge in [-0.3, -0.25) is 19.6 Å². The Morgan fingerprint density at radius 3 is 2.60 bits per heavy atom. The molecule has 12 heteroatoms. The first-order valence-electron chi connectivity index (χ1n) is 10.4. The van der Waals surface area contributed by atoms with E-state index in [1.54, 1.807) is 33.9 Å². The molecule has 4 aromatic heterocycles. The molecule has 0 aliphatic rings. The summed E-state index contributed by atoms with van der Waals surface area (Å²) in [6.07, 6.45) is 2.87. The van der Waals surface area contributed by atoms with Gasteiger partial charge in [0.2, 0.25) is 4.80 Å². The first-order valence-corrected chi connectivity index (χ1v) is 11.2. The summed E-state index contributed by atoms with van der Waals surface area (Å²) in [5.74, 6) is 0.338. The van der Waals surface area contributed by atoms with Crippen LogP contribution in [-0.4, -0.2) is 25.2 Å². The highest BCUT2D eigenvalue weighted by Gasteiger charge is 2.17. The lowest BCUT2D eigenvalue weighted by Gasteiger charge is -2.07. The maximum absolute atomic E-state index is 13.3. The van der Waals surface area contributed by atoms with E-state index < -0.39 is 4.92 Å². The number of rotatable bonds is 6. The van der Waals surface area contributed by atoms with Crippen LogP contribution in [0.4, 0.5) is 11.6 Å². The van der Waals surface area contributed by atoms with Crippen LogP contribution in [0.3, 0.4) is 0 Å². The quantitative estimate of drug-likeness (QED) is 0.200. The van der Waals surface area contributed by atoms with E-state index in [1.807, 2.05) is 37.3 Å². The third kappa shape index (κ3) is 4.06. The lowest BCUT2D eigenvalue weighted by Crippen LogP contribution is -2.19. The van der Waals surface area contributed by atoms with Crippen LogP contribution in [0.15, 0.2) is 90.0 Å². The molecule has 5 aromatic rings. The van der Waals surface area contributed by atoms with Crippen molar-refractivity contribution in [2.24, 2.45) is 17.1 Å². The van der Waals surface area contributed by atoms with Crippen molar-refractivity contribution in [1.29, 1.82) is 0 Å². The Morgan fingerprint density at radius 1 is 1.11 bits per heavy atom. The zero-order valence-electron chi connectivity index (χ0n) is 18.6. The van der Waals surface area contributed by atoms with Crippen LogP contribution < -0.4 is 10.4 Å². The molecule has 0 aliphatic carbocycles. The molecule has 4 heterocycles. The molecule has 0 unspecified atom stereocenters. The maximum atomic E-state index is 13.3. The predicted molar refractivity (Wildman–Crippen MR) is 129 cm³/mol. The van der Waals surface area contributed by atoms with Crippen molar-refractivity contribution in [2.45, 2.75) is 6.92 Å². The smallest absolute Gasteiger partial charge is 0.433 e. The highest BCUT2D eigenvalue weighted by atomic mass is 32.1. The van der Waals surface area contributed by atoms with Crippen LogP contribution in [0.1, 0.15) is 11.5 Å². The first kappa shape index (κ1) is 22.1. The summed E-state index contributed by atoms with van der Waals surface area (Å²) < 4.78 is 15.5. The van der Waals surface area contributed by atoms with Crippen molar-refractivity contribution in [1.82, 2.24) is 14.0 Å². The number of benzene rings is 1. The van der Waals surface area contributed by atoms with E-state index in [1.165, 1.54) is 40.6 Å². The third-order valence-corrected chi connectivity index (χ3v) is 6.10. The van der Waals surface area contributed by atoms with Crippen LogP contribution in [-0.2, 0) is 7.05 Å². The molecule has 0 spiro atoms. The van der Waals surface area contributed by atoms with Crippen molar-refractivity contribution in [3.8, 4) is 17.1 Å². The summed E-state index contributed by atoms with van der Waals surface area (Å²) in [5.41, 5.74) is 1.97. The average Bonchev–Trinajstić information content (AvgIpc) is 3.64. The van der Waals surface area contributed by atoms with Gasteiger partial charge in [0.05, 0.1) is 29.9 Å². The highest BCUT2D eigenvalue weighted by molar-refractivity contribution is 7.07. The molecule has 0 radical (unpaired) electrons. The topological polar surface area (TPSA) is 126 Å². The molecular weight excluding hydrogens is 472 g/mol. The number of nitro groups is 1. The van der Waals surface area contributed by atoms with E-state index in [4.69, 9.17) is 8.83 Å². The Labute approximate surface area is 201 Å². The Bertz CT molecular complexity index is 1670. The summed E-state index contributed by atoms with van der Waals surface area (Å²) in [6, 6.07) is 15.5. The summed E-state index contributed by atoms with van der Waals surface area (Å²) in [5, 5.41) is 17.1. The molecule has 0 N–H and O–H groups in total. The van der Waals surface area contributed by atoms with Gasteiger partial charge in [-0.25, -0.2) is 14.4 Å². The number of hydrogen-bond donors (Lipinski definition) is 0. The Morgan fingerprint density at radius 2 is 1.91 bits per heavy atom. The number of furan rings is 2. The maximum Gasteiger partial charge on any atom is 0.433 e. The second-order valence-electron chi connectivity index (χ2n) is 7.39. The molecule has 11 nitrogen and oxygen atoms in total. The Kier molecular flexibility index (Phi) is 5.63. The second kappa shape index (κ2) is 8.91. The summed E-state index contributed by atoms with van der Waals surface area (Å²) in [4.78, 5) is 28.7. The number of thiazole rings is 1. The van der Waals surface area contributed by atoms with Crippen molar-refractivity contribution in [3.05, 3.63) is 103 Å². The zero-order chi connectivity index (χ0) is 24.5. The third-order valence-electron chi connectivity index (χ3n) is 5.28. The minimum absolute atomic E-state index is 0.189. The number of hydrogen-bond acceptors (Lipinski definition) is 8. The van der Waals surface area contributed by atoms with Gasteiger partial charge in [0.25, 0.3) is 5.56 Å². The lowest BCUT2D eigenvalue weighted by atomic mass is 10.3. The summed E-state index contributed by atoms with van der Waals surface area (Å²) >= 11 is 1.27. The van der Waals surface area contributed by atoms with Crippen LogP contribution in [0.25, 0.3) is 17.1 Å². The van der Waals surface area contributed by atoms with E-state index in [-0.39, 0.29) is 22.9 Å². The van der Waals surface area contributed by atoms with E-state index in [2.05, 4.69) is 10.1 Å². The molecule has 5 rings (SSSR count). The molecule has 0 saturated carbocycles. The minimum atomic E-state index is -0.625. The number of aromatic nitrogens is 3. The van der Waals surface area contributed by atoms with Crippen molar-refractivity contribution >= 4 is 29.1 Å². The van der Waals surface area contributed by atoms with Crippen LogP contribution >= 0.6 is 11.3 Å². The summed E-state index contributed by atoms with van der Waals surface area (Å²) in [6.45, 7) is 1.82. The fourth-order valence-corrected chi connectivity index (χ4v) is 4.31. The van der Waals surface area contributed by atoms with Crippen molar-refractivity contribution in [3.63, 3.8) is 0 Å². The molecule has 0 aliphatic heterocycles. The van der Waals surface area contributed by atoms with Gasteiger partial charge in [-0.15, -0.1) is 11.3 Å². The van der Waals surface area contributed by atoms with Gasteiger partial charge in [-0.05, 0) is 37.3 Å². The normalized spacial score (nSPS) is 12.1. The highest BCUT2D eigenvalue weighted by Crippen LogP contribution is 2.22. The van der Waals surface area contributed by atoms with Gasteiger partial charge in [0.15, 0.2) is 17.2 Å².